The Morgan fingerprint density at radius 1 is 1.46 bits per heavy atom. The smallest absolute Gasteiger partial charge is 0.168 e. The second-order valence-corrected chi connectivity index (χ2v) is 5.81. The summed E-state index contributed by atoms with van der Waals surface area (Å²) >= 11 is 0. The van der Waals surface area contributed by atoms with Crippen LogP contribution in [0.5, 0.6) is 0 Å². The van der Waals surface area contributed by atoms with E-state index in [1.165, 1.54) is 11.7 Å². The summed E-state index contributed by atoms with van der Waals surface area (Å²) in [5.41, 5.74) is 1.04. The van der Waals surface area contributed by atoms with Crippen LogP contribution in [0.15, 0.2) is 11.0 Å². The van der Waals surface area contributed by atoms with E-state index in [0.717, 1.165) is 25.1 Å². The lowest BCUT2D eigenvalue weighted by Gasteiger charge is -2.18. The number of rotatable bonds is 2. The molecule has 0 aromatic heterocycles. The molecule has 1 aliphatic rings. The number of hydrogen-bond acceptors (Lipinski definition) is 3. The van der Waals surface area contributed by atoms with Crippen LogP contribution in [0, 0.1) is 0 Å². The largest absolute Gasteiger partial charge is 0.297 e. The Hall–Kier alpha value is -0.350. The quantitative estimate of drug-likeness (QED) is 0.672. The van der Waals surface area contributed by atoms with Gasteiger partial charge in [-0.05, 0) is 25.8 Å². The Kier molecular flexibility index (Phi) is 3.14. The Labute approximate surface area is 80.3 Å². The number of nitrogens with zero attached hydrogens (tertiary/aromatic N) is 1. The van der Waals surface area contributed by atoms with Crippen molar-refractivity contribution < 1.29 is 8.42 Å². The monoisotopic (exact) mass is 203 g/mol. The number of hydrogen-bond donors (Lipinski definition) is 0. The molecule has 0 aromatic carbocycles. The van der Waals surface area contributed by atoms with E-state index in [4.69, 9.17) is 0 Å². The van der Waals surface area contributed by atoms with Crippen LogP contribution in [0.3, 0.4) is 0 Å². The van der Waals surface area contributed by atoms with Gasteiger partial charge in [0.2, 0.25) is 0 Å². The molecular formula is C9H17NO2S. The topological polar surface area (TPSA) is 37.4 Å². The van der Waals surface area contributed by atoms with E-state index in [0.29, 0.717) is 6.04 Å². The van der Waals surface area contributed by atoms with Crippen LogP contribution in [0.2, 0.25) is 0 Å². The summed E-state index contributed by atoms with van der Waals surface area (Å²) in [4.78, 5) is 2.27. The average Bonchev–Trinajstić information content (AvgIpc) is 2.31. The highest BCUT2D eigenvalue weighted by atomic mass is 32.2. The fraction of sp³-hybridized carbons (Fsp3) is 0.778. The maximum absolute atomic E-state index is 11.0. The molecule has 1 heterocycles. The second kappa shape index (κ2) is 3.80. The molecule has 0 unspecified atom stereocenters. The third-order valence-electron chi connectivity index (χ3n) is 2.24. The van der Waals surface area contributed by atoms with Gasteiger partial charge in [-0.1, -0.05) is 0 Å². The van der Waals surface area contributed by atoms with Crippen molar-refractivity contribution in [3.05, 3.63) is 11.0 Å². The fourth-order valence-electron chi connectivity index (χ4n) is 1.55. The zero-order valence-corrected chi connectivity index (χ0v) is 9.26. The summed E-state index contributed by atoms with van der Waals surface area (Å²) < 4.78 is 21.9. The highest BCUT2D eigenvalue weighted by Crippen LogP contribution is 2.18. The molecule has 1 rings (SSSR count). The molecule has 0 amide bonds. The molecule has 0 radical (unpaired) electrons. The zero-order chi connectivity index (χ0) is 10.1. The first-order valence-corrected chi connectivity index (χ1v) is 6.47. The molecule has 76 valence electrons. The van der Waals surface area contributed by atoms with Gasteiger partial charge in [0.15, 0.2) is 9.84 Å². The number of sulfone groups is 1. The van der Waals surface area contributed by atoms with Crippen LogP contribution >= 0.6 is 0 Å². The molecule has 0 saturated carbocycles. The lowest BCUT2D eigenvalue weighted by Crippen LogP contribution is -2.27. The van der Waals surface area contributed by atoms with Crippen molar-refractivity contribution in [1.82, 2.24) is 4.90 Å². The summed E-state index contributed by atoms with van der Waals surface area (Å²) in [7, 11) is -2.95. The molecule has 4 heteroatoms. The molecule has 0 atom stereocenters. The first-order valence-electron chi connectivity index (χ1n) is 4.52. The lowest BCUT2D eigenvalue weighted by atomic mass is 10.3. The van der Waals surface area contributed by atoms with Crippen molar-refractivity contribution in [3.8, 4) is 0 Å². The van der Waals surface area contributed by atoms with Crippen LogP contribution in [0.4, 0.5) is 0 Å². The standard InChI is InChI=1S/C9H17NO2S/c1-8(2)10-5-4-9(6-10)7-13(3,11)12/h7-8H,4-6H2,1-3H3. The van der Waals surface area contributed by atoms with Crippen LogP contribution in [-0.2, 0) is 9.84 Å². The van der Waals surface area contributed by atoms with Crippen LogP contribution in [0.25, 0.3) is 0 Å². The van der Waals surface area contributed by atoms with E-state index in [9.17, 15) is 8.42 Å². The summed E-state index contributed by atoms with van der Waals surface area (Å²) in [6, 6.07) is 0.505. The molecule has 1 fully saturated rings. The Balaban J connectivity index is 2.65. The van der Waals surface area contributed by atoms with E-state index in [1.807, 2.05) is 0 Å². The zero-order valence-electron chi connectivity index (χ0n) is 8.45. The minimum atomic E-state index is -2.95. The third kappa shape index (κ3) is 3.48. The molecule has 3 nitrogen and oxygen atoms in total. The third-order valence-corrected chi connectivity index (χ3v) is 3.00. The second-order valence-electron chi connectivity index (χ2n) is 3.92. The van der Waals surface area contributed by atoms with Crippen molar-refractivity contribution in [1.29, 1.82) is 0 Å². The Bertz CT molecular complexity index is 304. The van der Waals surface area contributed by atoms with E-state index in [2.05, 4.69) is 18.7 Å². The predicted molar refractivity (Wildman–Crippen MR) is 54.3 cm³/mol. The Morgan fingerprint density at radius 3 is 2.46 bits per heavy atom. The van der Waals surface area contributed by atoms with Gasteiger partial charge in [0.1, 0.15) is 0 Å². The van der Waals surface area contributed by atoms with Gasteiger partial charge < -0.3 is 0 Å². The van der Waals surface area contributed by atoms with E-state index in [-0.39, 0.29) is 0 Å². The maximum atomic E-state index is 11.0. The average molecular weight is 203 g/mol. The van der Waals surface area contributed by atoms with Crippen LogP contribution in [0.1, 0.15) is 20.3 Å². The SMILES string of the molecule is CC(C)N1CCC(=CS(C)(=O)=O)C1. The van der Waals surface area contributed by atoms with Crippen LogP contribution in [-0.4, -0.2) is 38.7 Å². The summed E-state index contributed by atoms with van der Waals surface area (Å²) in [5.74, 6) is 0. The molecule has 1 aliphatic heterocycles. The van der Waals surface area contributed by atoms with Gasteiger partial charge in [-0.25, -0.2) is 8.42 Å². The van der Waals surface area contributed by atoms with Gasteiger partial charge in [0.05, 0.1) is 0 Å². The van der Waals surface area contributed by atoms with Crippen molar-refractivity contribution in [3.63, 3.8) is 0 Å². The Morgan fingerprint density at radius 2 is 2.08 bits per heavy atom. The molecule has 0 N–H and O–H groups in total. The van der Waals surface area contributed by atoms with Gasteiger partial charge in [-0.3, -0.25) is 4.90 Å². The summed E-state index contributed by atoms with van der Waals surface area (Å²) in [6.07, 6.45) is 2.14. The highest BCUT2D eigenvalue weighted by molar-refractivity contribution is 7.93. The number of likely N-dealkylation sites (tertiary alicyclic amines) is 1. The minimum absolute atomic E-state index is 0.505. The first kappa shape index (κ1) is 10.7. The maximum Gasteiger partial charge on any atom is 0.168 e. The molecule has 0 aromatic rings. The lowest BCUT2D eigenvalue weighted by molar-refractivity contribution is 0.281. The minimum Gasteiger partial charge on any atom is -0.297 e. The first-order chi connectivity index (χ1) is 5.88. The van der Waals surface area contributed by atoms with E-state index < -0.39 is 9.84 Å². The van der Waals surface area contributed by atoms with Crippen molar-refractivity contribution in [2.24, 2.45) is 0 Å². The van der Waals surface area contributed by atoms with Crippen molar-refractivity contribution in [2.75, 3.05) is 19.3 Å². The predicted octanol–water partition coefficient (Wildman–Crippen LogP) is 1.03. The van der Waals surface area contributed by atoms with Gasteiger partial charge >= 0.3 is 0 Å². The van der Waals surface area contributed by atoms with E-state index in [1.54, 1.807) is 0 Å². The van der Waals surface area contributed by atoms with Crippen molar-refractivity contribution in [2.45, 2.75) is 26.3 Å². The molecule has 1 saturated heterocycles. The molecule has 0 aliphatic carbocycles. The molecule has 13 heavy (non-hydrogen) atoms. The summed E-state index contributed by atoms with van der Waals surface area (Å²) in [6.45, 7) is 6.05. The van der Waals surface area contributed by atoms with Gasteiger partial charge in [0.25, 0.3) is 0 Å². The molecule has 0 bridgehead atoms. The van der Waals surface area contributed by atoms with Gasteiger partial charge in [0, 0.05) is 30.8 Å². The molecule has 0 spiro atoms. The van der Waals surface area contributed by atoms with Gasteiger partial charge in [-0.2, -0.15) is 0 Å². The van der Waals surface area contributed by atoms with Crippen LogP contribution < -0.4 is 0 Å². The summed E-state index contributed by atoms with van der Waals surface area (Å²) in [5, 5.41) is 1.41. The molecular weight excluding hydrogens is 186 g/mol. The van der Waals surface area contributed by atoms with Gasteiger partial charge in [-0.15, -0.1) is 0 Å². The normalized spacial score (nSPS) is 23.2. The van der Waals surface area contributed by atoms with Crippen molar-refractivity contribution >= 4 is 9.84 Å². The fourth-order valence-corrected chi connectivity index (χ4v) is 2.34. The van der Waals surface area contributed by atoms with E-state index >= 15 is 0 Å². The highest BCUT2D eigenvalue weighted by Gasteiger charge is 2.19.